The Morgan fingerprint density at radius 1 is 1.21 bits per heavy atom. The molecule has 0 heterocycles. The van der Waals surface area contributed by atoms with Gasteiger partial charge >= 0.3 is 0 Å². The number of halogens is 2. The normalized spacial score (nSPS) is 10.5. The Balaban J connectivity index is 2.52. The fourth-order valence-corrected chi connectivity index (χ4v) is 2.30. The van der Waals surface area contributed by atoms with E-state index in [0.29, 0.717) is 30.6 Å². The zero-order valence-electron chi connectivity index (χ0n) is 11.4. The van der Waals surface area contributed by atoms with Gasteiger partial charge in [-0.2, -0.15) is 0 Å². The van der Waals surface area contributed by atoms with E-state index in [1.54, 1.807) is 7.11 Å². The summed E-state index contributed by atoms with van der Waals surface area (Å²) in [6, 6.07) is 3.81. The van der Waals surface area contributed by atoms with E-state index in [2.05, 4.69) is 22.9 Å². The van der Waals surface area contributed by atoms with Crippen LogP contribution in [0.3, 0.4) is 0 Å². The highest BCUT2D eigenvalue weighted by molar-refractivity contribution is 9.10. The molecule has 0 bridgehead atoms. The summed E-state index contributed by atoms with van der Waals surface area (Å²) < 4.78 is 17.3. The first-order valence-electron chi connectivity index (χ1n) is 6.35. The van der Waals surface area contributed by atoms with Gasteiger partial charge in [-0.05, 0) is 40.0 Å². The number of ether oxygens (including phenoxy) is 3. The van der Waals surface area contributed by atoms with Gasteiger partial charge in [0, 0.05) is 12.5 Å². The highest BCUT2D eigenvalue weighted by Crippen LogP contribution is 2.36. The van der Waals surface area contributed by atoms with Crippen LogP contribution in [0, 0.1) is 0 Å². The molecule has 1 rings (SSSR count). The molecule has 0 amide bonds. The summed E-state index contributed by atoms with van der Waals surface area (Å²) >= 11 is 9.29. The van der Waals surface area contributed by atoms with Crippen LogP contribution in [0.5, 0.6) is 11.5 Å². The predicted molar refractivity (Wildman–Crippen MR) is 81.5 cm³/mol. The van der Waals surface area contributed by atoms with Crippen LogP contribution in [0.4, 0.5) is 0 Å². The van der Waals surface area contributed by atoms with Crippen LogP contribution >= 0.6 is 27.5 Å². The van der Waals surface area contributed by atoms with Crippen molar-refractivity contribution in [2.24, 2.45) is 0 Å². The summed E-state index contributed by atoms with van der Waals surface area (Å²) in [4.78, 5) is 0. The van der Waals surface area contributed by atoms with Gasteiger partial charge in [-0.3, -0.25) is 0 Å². The number of alkyl halides is 1. The number of hydrogen-bond acceptors (Lipinski definition) is 3. The minimum absolute atomic E-state index is 0.440. The number of methoxy groups -OCH3 is 1. The Kier molecular flexibility index (Phi) is 8.26. The molecule has 0 saturated heterocycles. The zero-order valence-corrected chi connectivity index (χ0v) is 13.7. The molecular formula is C14H20BrClO3. The maximum atomic E-state index is 5.82. The van der Waals surface area contributed by atoms with Crippen molar-refractivity contribution >= 4 is 27.5 Å². The molecule has 1 aromatic carbocycles. The molecule has 0 spiro atoms. The molecule has 0 atom stereocenters. The lowest BCUT2D eigenvalue weighted by Crippen LogP contribution is -2.08. The molecule has 0 aliphatic rings. The predicted octanol–water partition coefficient (Wildman–Crippen LogP) is 4.39. The second-order valence-corrected chi connectivity index (χ2v) is 5.18. The van der Waals surface area contributed by atoms with Crippen molar-refractivity contribution in [2.45, 2.75) is 25.6 Å². The Bertz CT molecular complexity index is 385. The molecule has 5 heteroatoms. The molecule has 19 heavy (non-hydrogen) atoms. The smallest absolute Gasteiger partial charge is 0.175 e. The van der Waals surface area contributed by atoms with Crippen molar-refractivity contribution in [3.05, 3.63) is 22.2 Å². The monoisotopic (exact) mass is 350 g/mol. The van der Waals surface area contributed by atoms with Gasteiger partial charge in [0.2, 0.25) is 0 Å². The number of rotatable bonds is 9. The summed E-state index contributed by atoms with van der Waals surface area (Å²) in [5.74, 6) is 1.81. The highest BCUT2D eigenvalue weighted by Gasteiger charge is 2.11. The van der Waals surface area contributed by atoms with Crippen molar-refractivity contribution in [1.82, 2.24) is 0 Å². The molecule has 0 radical (unpaired) electrons. The van der Waals surface area contributed by atoms with Crippen LogP contribution < -0.4 is 9.47 Å². The summed E-state index contributed by atoms with van der Waals surface area (Å²) in [6.07, 6.45) is 2.22. The molecule has 0 fully saturated rings. The largest absolute Gasteiger partial charge is 0.493 e. The summed E-state index contributed by atoms with van der Waals surface area (Å²) in [6.45, 7) is 4.00. The quantitative estimate of drug-likeness (QED) is 0.488. The van der Waals surface area contributed by atoms with E-state index in [1.807, 2.05) is 12.1 Å². The van der Waals surface area contributed by atoms with Crippen LogP contribution in [0.1, 0.15) is 25.3 Å². The first kappa shape index (κ1) is 16.6. The van der Waals surface area contributed by atoms with Crippen molar-refractivity contribution in [2.75, 3.05) is 26.9 Å². The molecule has 0 unspecified atom stereocenters. The van der Waals surface area contributed by atoms with Gasteiger partial charge in [0.05, 0.1) is 18.2 Å². The van der Waals surface area contributed by atoms with Gasteiger partial charge in [-0.1, -0.05) is 13.3 Å². The molecule has 0 aromatic heterocycles. The fourth-order valence-electron chi connectivity index (χ4n) is 1.54. The second kappa shape index (κ2) is 9.45. The van der Waals surface area contributed by atoms with E-state index in [1.165, 1.54) is 0 Å². The molecule has 3 nitrogen and oxygen atoms in total. The van der Waals surface area contributed by atoms with E-state index < -0.39 is 0 Å². The van der Waals surface area contributed by atoms with Crippen LogP contribution in [0.25, 0.3) is 0 Å². The van der Waals surface area contributed by atoms with Crippen LogP contribution in [-0.4, -0.2) is 26.9 Å². The third-order valence-corrected chi connectivity index (χ3v) is 3.46. The summed E-state index contributed by atoms with van der Waals surface area (Å²) in [5.41, 5.74) is 0.983. The number of benzene rings is 1. The molecule has 1 aromatic rings. The van der Waals surface area contributed by atoms with Gasteiger partial charge in [0.25, 0.3) is 0 Å². The molecule has 0 saturated carbocycles. The molecule has 0 N–H and O–H groups in total. The average Bonchev–Trinajstić information content (AvgIpc) is 2.43. The molecule has 0 aliphatic heterocycles. The van der Waals surface area contributed by atoms with Gasteiger partial charge < -0.3 is 14.2 Å². The van der Waals surface area contributed by atoms with Crippen molar-refractivity contribution < 1.29 is 14.2 Å². The van der Waals surface area contributed by atoms with E-state index in [-0.39, 0.29) is 0 Å². The SMILES string of the molecule is CCCCOCCOc1c(Br)cc(CCl)cc1OC. The van der Waals surface area contributed by atoms with E-state index in [9.17, 15) is 0 Å². The van der Waals surface area contributed by atoms with E-state index >= 15 is 0 Å². The maximum Gasteiger partial charge on any atom is 0.175 e. The van der Waals surface area contributed by atoms with E-state index in [4.69, 9.17) is 25.8 Å². The fraction of sp³-hybridized carbons (Fsp3) is 0.571. The minimum atomic E-state index is 0.440. The first-order valence-corrected chi connectivity index (χ1v) is 7.68. The Morgan fingerprint density at radius 2 is 2.00 bits per heavy atom. The second-order valence-electron chi connectivity index (χ2n) is 4.06. The maximum absolute atomic E-state index is 5.82. The van der Waals surface area contributed by atoms with Crippen molar-refractivity contribution in [3.8, 4) is 11.5 Å². The van der Waals surface area contributed by atoms with Crippen molar-refractivity contribution in [1.29, 1.82) is 0 Å². The Hall–Kier alpha value is -0.450. The van der Waals surface area contributed by atoms with Crippen LogP contribution in [-0.2, 0) is 10.6 Å². The van der Waals surface area contributed by atoms with Crippen molar-refractivity contribution in [3.63, 3.8) is 0 Å². The zero-order chi connectivity index (χ0) is 14.1. The van der Waals surface area contributed by atoms with Gasteiger partial charge in [-0.15, -0.1) is 11.6 Å². The lowest BCUT2D eigenvalue weighted by Gasteiger charge is -2.14. The standard InChI is InChI=1S/C14H20BrClO3/c1-3-4-5-18-6-7-19-14-12(15)8-11(10-16)9-13(14)17-2/h8-9H,3-7,10H2,1-2H3. The number of unbranched alkanes of at least 4 members (excludes halogenated alkanes) is 1. The summed E-state index contributed by atoms with van der Waals surface area (Å²) in [5, 5.41) is 0. The molecule has 0 aliphatic carbocycles. The van der Waals surface area contributed by atoms with E-state index in [0.717, 1.165) is 29.5 Å². The lowest BCUT2D eigenvalue weighted by molar-refractivity contribution is 0.0967. The van der Waals surface area contributed by atoms with Gasteiger partial charge in [0.1, 0.15) is 6.61 Å². The number of hydrogen-bond donors (Lipinski definition) is 0. The van der Waals surface area contributed by atoms with Crippen LogP contribution in [0.15, 0.2) is 16.6 Å². The minimum Gasteiger partial charge on any atom is -0.493 e. The topological polar surface area (TPSA) is 27.7 Å². The summed E-state index contributed by atoms with van der Waals surface area (Å²) in [7, 11) is 1.62. The van der Waals surface area contributed by atoms with Gasteiger partial charge in [-0.25, -0.2) is 0 Å². The average molecular weight is 352 g/mol. The highest BCUT2D eigenvalue weighted by atomic mass is 79.9. The Labute approximate surface area is 128 Å². The first-order chi connectivity index (χ1) is 9.22. The third-order valence-electron chi connectivity index (χ3n) is 2.56. The van der Waals surface area contributed by atoms with Gasteiger partial charge in [0.15, 0.2) is 11.5 Å². The Morgan fingerprint density at radius 3 is 2.63 bits per heavy atom. The lowest BCUT2D eigenvalue weighted by atomic mass is 10.2. The third kappa shape index (κ3) is 5.59. The molecule has 108 valence electrons. The van der Waals surface area contributed by atoms with Crippen LogP contribution in [0.2, 0.25) is 0 Å². The molecular weight excluding hydrogens is 332 g/mol.